The molecule has 0 spiro atoms. The molecule has 138 valence electrons. The first-order chi connectivity index (χ1) is 12.6. The fraction of sp³-hybridized carbons (Fsp3) is 0.438. The number of amides is 3. The van der Waals surface area contributed by atoms with Gasteiger partial charge in [0, 0.05) is 39.0 Å². The molecule has 0 unspecified atom stereocenters. The molecular formula is C16H19N5O3S2. The van der Waals surface area contributed by atoms with Crippen molar-refractivity contribution in [2.75, 3.05) is 31.5 Å². The second-order valence-corrected chi connectivity index (χ2v) is 7.58. The minimum absolute atomic E-state index is 0.0192. The predicted molar refractivity (Wildman–Crippen MR) is 99.2 cm³/mol. The second kappa shape index (κ2) is 8.86. The first kappa shape index (κ1) is 18.5. The lowest BCUT2D eigenvalue weighted by atomic mass is 10.2. The zero-order chi connectivity index (χ0) is 18.4. The maximum absolute atomic E-state index is 12.4. The summed E-state index contributed by atoms with van der Waals surface area (Å²) in [5, 5.41) is 12.3. The van der Waals surface area contributed by atoms with Gasteiger partial charge in [-0.2, -0.15) is 0 Å². The Kier molecular flexibility index (Phi) is 6.29. The first-order valence-electron chi connectivity index (χ1n) is 8.30. The smallest absolute Gasteiger partial charge is 0.263 e. The Labute approximate surface area is 158 Å². The van der Waals surface area contributed by atoms with E-state index in [0.717, 1.165) is 11.3 Å². The molecule has 0 bridgehead atoms. The fourth-order valence-electron chi connectivity index (χ4n) is 2.71. The minimum atomic E-state index is -0.251. The van der Waals surface area contributed by atoms with E-state index in [1.54, 1.807) is 9.80 Å². The minimum Gasteiger partial charge on any atom is -0.341 e. The summed E-state index contributed by atoms with van der Waals surface area (Å²) in [6.45, 7) is 2.25. The number of hydrogen-bond acceptors (Lipinski definition) is 7. The normalized spacial score (nSPS) is 14.8. The molecule has 8 nitrogen and oxygen atoms in total. The van der Waals surface area contributed by atoms with Gasteiger partial charge in [0.1, 0.15) is 5.51 Å². The van der Waals surface area contributed by atoms with E-state index in [1.807, 2.05) is 17.5 Å². The highest BCUT2D eigenvalue weighted by Crippen LogP contribution is 2.15. The topological polar surface area (TPSA) is 95.5 Å². The van der Waals surface area contributed by atoms with Gasteiger partial charge in [0.25, 0.3) is 5.91 Å². The molecular weight excluding hydrogens is 374 g/mol. The Morgan fingerprint density at radius 3 is 2.62 bits per heavy atom. The van der Waals surface area contributed by atoms with Crippen molar-refractivity contribution < 1.29 is 14.4 Å². The number of nitrogens with one attached hydrogen (secondary N) is 1. The van der Waals surface area contributed by atoms with Gasteiger partial charge in [-0.15, -0.1) is 21.5 Å². The van der Waals surface area contributed by atoms with Gasteiger partial charge in [-0.05, 0) is 17.9 Å². The van der Waals surface area contributed by atoms with E-state index < -0.39 is 0 Å². The van der Waals surface area contributed by atoms with Crippen LogP contribution in [0.25, 0.3) is 0 Å². The Morgan fingerprint density at radius 1 is 1.08 bits per heavy atom. The van der Waals surface area contributed by atoms with Crippen molar-refractivity contribution in [3.05, 3.63) is 27.9 Å². The maximum atomic E-state index is 12.4. The lowest BCUT2D eigenvalue weighted by Crippen LogP contribution is -2.37. The number of hydrogen-bond donors (Lipinski definition) is 1. The van der Waals surface area contributed by atoms with Gasteiger partial charge in [-0.3, -0.25) is 14.4 Å². The standard InChI is InChI=1S/C16H19N5O3S2/c22-13(18-16-19-17-11-26-16)4-5-14(23)20-6-2-7-21(9-8-20)15(24)12-3-1-10-25-12/h1,3,10-11H,2,4-9H2,(H,18,19,22). The molecule has 0 radical (unpaired) electrons. The Morgan fingerprint density at radius 2 is 1.88 bits per heavy atom. The molecule has 3 heterocycles. The summed E-state index contributed by atoms with van der Waals surface area (Å²) in [4.78, 5) is 40.9. The van der Waals surface area contributed by atoms with Gasteiger partial charge in [0.15, 0.2) is 0 Å². The molecule has 26 heavy (non-hydrogen) atoms. The molecule has 1 N–H and O–H groups in total. The number of rotatable bonds is 5. The highest BCUT2D eigenvalue weighted by molar-refractivity contribution is 7.13. The van der Waals surface area contributed by atoms with E-state index in [4.69, 9.17) is 0 Å². The van der Waals surface area contributed by atoms with Gasteiger partial charge in [0.2, 0.25) is 16.9 Å². The molecule has 1 saturated heterocycles. The third-order valence-electron chi connectivity index (χ3n) is 4.04. The van der Waals surface area contributed by atoms with Crippen LogP contribution >= 0.6 is 22.7 Å². The molecule has 2 aromatic heterocycles. The van der Waals surface area contributed by atoms with Crippen LogP contribution in [0.15, 0.2) is 23.0 Å². The molecule has 1 aliphatic rings. The number of aromatic nitrogens is 2. The monoisotopic (exact) mass is 393 g/mol. The SMILES string of the molecule is O=C(CCC(=O)N1CCCN(C(=O)c2cccs2)CC1)Nc1nncs1. The molecule has 3 rings (SSSR count). The van der Waals surface area contributed by atoms with Gasteiger partial charge in [-0.1, -0.05) is 17.4 Å². The molecule has 0 saturated carbocycles. The van der Waals surface area contributed by atoms with Crippen molar-refractivity contribution in [1.82, 2.24) is 20.0 Å². The van der Waals surface area contributed by atoms with E-state index in [2.05, 4.69) is 15.5 Å². The quantitative estimate of drug-likeness (QED) is 0.834. The first-order valence-corrected chi connectivity index (χ1v) is 10.1. The molecule has 1 aliphatic heterocycles. The van der Waals surface area contributed by atoms with E-state index in [-0.39, 0.29) is 30.6 Å². The van der Waals surface area contributed by atoms with Crippen LogP contribution in [0.5, 0.6) is 0 Å². The second-order valence-electron chi connectivity index (χ2n) is 5.80. The fourth-order valence-corrected chi connectivity index (χ4v) is 3.87. The Balaban J connectivity index is 1.45. The van der Waals surface area contributed by atoms with Crippen LogP contribution in [0.4, 0.5) is 5.13 Å². The third kappa shape index (κ3) is 4.85. The van der Waals surface area contributed by atoms with Crippen molar-refractivity contribution in [1.29, 1.82) is 0 Å². The van der Waals surface area contributed by atoms with Crippen LogP contribution in [-0.2, 0) is 9.59 Å². The van der Waals surface area contributed by atoms with Crippen molar-refractivity contribution in [3.8, 4) is 0 Å². The van der Waals surface area contributed by atoms with Crippen LogP contribution in [0.1, 0.15) is 28.9 Å². The number of nitrogens with zero attached hydrogens (tertiary/aromatic N) is 4. The number of anilines is 1. The predicted octanol–water partition coefficient (Wildman–Crippen LogP) is 1.69. The van der Waals surface area contributed by atoms with Crippen molar-refractivity contribution >= 4 is 45.5 Å². The summed E-state index contributed by atoms with van der Waals surface area (Å²) in [5.41, 5.74) is 1.53. The third-order valence-corrected chi connectivity index (χ3v) is 5.50. The summed E-state index contributed by atoms with van der Waals surface area (Å²) < 4.78 is 0. The van der Waals surface area contributed by atoms with Crippen molar-refractivity contribution in [2.24, 2.45) is 0 Å². The van der Waals surface area contributed by atoms with Crippen LogP contribution in [-0.4, -0.2) is 63.9 Å². The van der Waals surface area contributed by atoms with E-state index >= 15 is 0 Å². The molecule has 1 fully saturated rings. The summed E-state index contributed by atoms with van der Waals surface area (Å²) in [7, 11) is 0. The molecule has 2 aromatic rings. The van der Waals surface area contributed by atoms with Gasteiger partial charge in [0.05, 0.1) is 4.88 Å². The molecule has 0 aliphatic carbocycles. The Bertz CT molecular complexity index is 748. The highest BCUT2D eigenvalue weighted by Gasteiger charge is 2.23. The summed E-state index contributed by atoms with van der Waals surface area (Å²) >= 11 is 2.66. The average molecular weight is 393 g/mol. The lowest BCUT2D eigenvalue weighted by molar-refractivity contribution is -0.132. The highest BCUT2D eigenvalue weighted by atomic mass is 32.1. The lowest BCUT2D eigenvalue weighted by Gasteiger charge is -2.21. The molecule has 0 aromatic carbocycles. The van der Waals surface area contributed by atoms with Crippen LogP contribution in [0.3, 0.4) is 0 Å². The average Bonchev–Trinajstić information content (AvgIpc) is 3.29. The van der Waals surface area contributed by atoms with Crippen molar-refractivity contribution in [2.45, 2.75) is 19.3 Å². The van der Waals surface area contributed by atoms with E-state index in [0.29, 0.717) is 31.3 Å². The maximum Gasteiger partial charge on any atom is 0.263 e. The van der Waals surface area contributed by atoms with E-state index in [9.17, 15) is 14.4 Å². The number of carbonyl (C=O) groups excluding carboxylic acids is 3. The largest absolute Gasteiger partial charge is 0.341 e. The number of carbonyl (C=O) groups is 3. The summed E-state index contributed by atoms with van der Waals surface area (Å²) in [6, 6.07) is 3.68. The molecule has 10 heteroatoms. The van der Waals surface area contributed by atoms with Crippen LogP contribution in [0, 0.1) is 0 Å². The number of thiophene rings is 1. The summed E-state index contributed by atoms with van der Waals surface area (Å²) in [6.07, 6.45) is 0.982. The van der Waals surface area contributed by atoms with Crippen molar-refractivity contribution in [3.63, 3.8) is 0 Å². The summed E-state index contributed by atoms with van der Waals surface area (Å²) in [5.74, 6) is -0.298. The van der Waals surface area contributed by atoms with Gasteiger partial charge >= 0.3 is 0 Å². The van der Waals surface area contributed by atoms with Crippen LogP contribution in [0.2, 0.25) is 0 Å². The van der Waals surface area contributed by atoms with Crippen LogP contribution < -0.4 is 5.32 Å². The Hall–Kier alpha value is -2.33. The van der Waals surface area contributed by atoms with Gasteiger partial charge in [-0.25, -0.2) is 0 Å². The zero-order valence-electron chi connectivity index (χ0n) is 14.1. The van der Waals surface area contributed by atoms with Gasteiger partial charge < -0.3 is 15.1 Å². The zero-order valence-corrected chi connectivity index (χ0v) is 15.7. The molecule has 3 amide bonds. The van der Waals surface area contributed by atoms with E-state index in [1.165, 1.54) is 28.2 Å². The molecule has 0 atom stereocenters.